The average molecular weight is 392 g/mol. The predicted molar refractivity (Wildman–Crippen MR) is 114 cm³/mol. The van der Waals surface area contributed by atoms with Gasteiger partial charge in [0.05, 0.1) is 17.2 Å². The molecule has 0 unspecified atom stereocenters. The molecule has 28 heavy (non-hydrogen) atoms. The van der Waals surface area contributed by atoms with Gasteiger partial charge in [-0.15, -0.1) is 11.3 Å². The van der Waals surface area contributed by atoms with E-state index >= 15 is 0 Å². The van der Waals surface area contributed by atoms with E-state index in [4.69, 9.17) is 5.73 Å². The number of amides is 1. The smallest absolute Gasteiger partial charge is 0.257 e. The molecule has 0 radical (unpaired) electrons. The summed E-state index contributed by atoms with van der Waals surface area (Å²) < 4.78 is 1.49. The first-order valence-electron chi connectivity index (χ1n) is 9.11. The number of nitrogens with two attached hydrogens (primary N) is 1. The van der Waals surface area contributed by atoms with Crippen LogP contribution in [-0.2, 0) is 0 Å². The van der Waals surface area contributed by atoms with Crippen molar-refractivity contribution in [3.8, 4) is 0 Å². The average Bonchev–Trinajstić information content (AvgIpc) is 3.30. The van der Waals surface area contributed by atoms with Crippen LogP contribution in [0.25, 0.3) is 22.2 Å². The number of carbonyl (C=O) groups excluding carboxylic acids is 1. The Balaban J connectivity index is 1.88. The number of nitrogens with zero attached hydrogens (tertiary/aromatic N) is 4. The van der Waals surface area contributed by atoms with Crippen LogP contribution in [0.1, 0.15) is 35.0 Å². The summed E-state index contributed by atoms with van der Waals surface area (Å²) in [6, 6.07) is 11.4. The fourth-order valence-electron chi connectivity index (χ4n) is 2.93. The molecule has 0 saturated carbocycles. The molecule has 1 aromatic carbocycles. The van der Waals surface area contributed by atoms with E-state index in [9.17, 15) is 4.79 Å². The maximum absolute atomic E-state index is 12.8. The van der Waals surface area contributed by atoms with Crippen LogP contribution in [0.4, 0.5) is 5.82 Å². The Morgan fingerprint density at radius 2 is 2.04 bits per heavy atom. The third-order valence-corrected chi connectivity index (χ3v) is 5.17. The number of fused-ring (bicyclic) bond motifs is 2. The fourth-order valence-corrected chi connectivity index (χ4v) is 3.51. The molecular formula is C20H20N6OS. The normalized spacial score (nSPS) is 11.6. The zero-order chi connectivity index (χ0) is 19.5. The lowest BCUT2D eigenvalue weighted by atomic mass is 10.2. The van der Waals surface area contributed by atoms with Gasteiger partial charge in [0, 0.05) is 11.4 Å². The fraction of sp³-hybridized carbons (Fsp3) is 0.200. The summed E-state index contributed by atoms with van der Waals surface area (Å²) in [4.78, 5) is 23.1. The number of thiophene rings is 1. The van der Waals surface area contributed by atoms with Crippen LogP contribution in [0.5, 0.6) is 0 Å². The van der Waals surface area contributed by atoms with Crippen LogP contribution in [-0.4, -0.2) is 33.3 Å². The molecule has 1 amide bonds. The van der Waals surface area contributed by atoms with Crippen molar-refractivity contribution in [1.29, 1.82) is 0 Å². The monoisotopic (exact) mass is 392 g/mol. The van der Waals surface area contributed by atoms with E-state index in [0.29, 0.717) is 28.8 Å². The second-order valence-electron chi connectivity index (χ2n) is 6.33. The summed E-state index contributed by atoms with van der Waals surface area (Å²) in [5.74, 6) is -0.0299. The maximum Gasteiger partial charge on any atom is 0.257 e. The molecule has 0 spiro atoms. The number of para-hydroxylation sites is 2. The standard InChI is InChI=1S/C20H20N6OS/c1-2-3-10-22-20(27)16-17-19(25-15-9-5-4-8-14(15)24-17)26(18(16)21)23-12-13-7-6-11-28-13/h4-9,11-12H,2-3,10,21H2,1H3,(H,22,27)/b23-12+. The largest absolute Gasteiger partial charge is 0.383 e. The van der Waals surface area contributed by atoms with Crippen LogP contribution in [0.3, 0.4) is 0 Å². The van der Waals surface area contributed by atoms with Gasteiger partial charge in [0.2, 0.25) is 0 Å². The summed E-state index contributed by atoms with van der Waals surface area (Å²) in [7, 11) is 0. The quantitative estimate of drug-likeness (QED) is 0.387. The van der Waals surface area contributed by atoms with Gasteiger partial charge in [-0.2, -0.15) is 9.78 Å². The minimum Gasteiger partial charge on any atom is -0.383 e. The molecule has 3 N–H and O–H groups in total. The summed E-state index contributed by atoms with van der Waals surface area (Å²) in [6.07, 6.45) is 3.60. The number of nitrogen functional groups attached to an aromatic ring is 1. The highest BCUT2D eigenvalue weighted by Crippen LogP contribution is 2.27. The highest BCUT2D eigenvalue weighted by Gasteiger charge is 2.23. The van der Waals surface area contributed by atoms with Crippen molar-refractivity contribution in [2.75, 3.05) is 12.3 Å². The summed E-state index contributed by atoms with van der Waals surface area (Å²) >= 11 is 1.56. The Morgan fingerprint density at radius 3 is 2.75 bits per heavy atom. The second-order valence-corrected chi connectivity index (χ2v) is 7.31. The number of nitrogens with one attached hydrogen (secondary N) is 1. The topological polar surface area (TPSA) is 98.2 Å². The number of unbranched alkanes of at least 4 members (excludes halogenated alkanes) is 1. The van der Waals surface area contributed by atoms with E-state index in [1.54, 1.807) is 17.6 Å². The molecule has 142 valence electrons. The van der Waals surface area contributed by atoms with Gasteiger partial charge in [0.1, 0.15) is 16.9 Å². The molecule has 0 saturated heterocycles. The van der Waals surface area contributed by atoms with Crippen LogP contribution in [0.15, 0.2) is 46.9 Å². The first-order chi connectivity index (χ1) is 13.7. The molecule has 3 aromatic heterocycles. The minimum absolute atomic E-state index is 0.229. The lowest BCUT2D eigenvalue weighted by Gasteiger charge is -2.04. The van der Waals surface area contributed by atoms with Crippen molar-refractivity contribution in [1.82, 2.24) is 20.0 Å². The Kier molecular flexibility index (Phi) is 5.03. The Bertz CT molecular complexity index is 1160. The van der Waals surface area contributed by atoms with Gasteiger partial charge in [0.15, 0.2) is 5.65 Å². The van der Waals surface area contributed by atoms with Gasteiger partial charge < -0.3 is 11.1 Å². The molecular weight excluding hydrogens is 372 g/mol. The zero-order valence-corrected chi connectivity index (χ0v) is 16.2. The number of anilines is 1. The zero-order valence-electron chi connectivity index (χ0n) is 15.4. The van der Waals surface area contributed by atoms with Crippen molar-refractivity contribution >= 4 is 51.5 Å². The number of benzene rings is 1. The number of hydrogen-bond acceptors (Lipinski definition) is 6. The van der Waals surface area contributed by atoms with E-state index in [1.807, 2.05) is 41.8 Å². The minimum atomic E-state index is -0.259. The Morgan fingerprint density at radius 1 is 1.25 bits per heavy atom. The SMILES string of the molecule is CCCCNC(=O)c1c(N)n(/N=C/c2cccs2)c2nc3ccccc3nc12. The van der Waals surface area contributed by atoms with Gasteiger partial charge in [-0.25, -0.2) is 9.97 Å². The van der Waals surface area contributed by atoms with Gasteiger partial charge >= 0.3 is 0 Å². The molecule has 0 aliphatic rings. The number of rotatable bonds is 6. The van der Waals surface area contributed by atoms with Crippen LogP contribution < -0.4 is 11.1 Å². The molecule has 8 heteroatoms. The first kappa shape index (κ1) is 18.1. The summed E-state index contributed by atoms with van der Waals surface area (Å²) in [6.45, 7) is 2.66. The molecule has 0 fully saturated rings. The lowest BCUT2D eigenvalue weighted by Crippen LogP contribution is -2.25. The van der Waals surface area contributed by atoms with Crippen molar-refractivity contribution < 1.29 is 4.79 Å². The molecule has 0 atom stereocenters. The second kappa shape index (κ2) is 7.77. The molecule has 0 aliphatic carbocycles. The highest BCUT2D eigenvalue weighted by molar-refractivity contribution is 7.11. The molecule has 7 nitrogen and oxygen atoms in total. The van der Waals surface area contributed by atoms with Crippen LogP contribution in [0.2, 0.25) is 0 Å². The van der Waals surface area contributed by atoms with Crippen molar-refractivity contribution in [3.05, 3.63) is 52.2 Å². The first-order valence-corrected chi connectivity index (χ1v) is 9.99. The number of carbonyl (C=O) groups is 1. The summed E-state index contributed by atoms with van der Waals surface area (Å²) in [5, 5.41) is 9.36. The third-order valence-electron chi connectivity index (χ3n) is 4.36. The van der Waals surface area contributed by atoms with E-state index < -0.39 is 0 Å². The van der Waals surface area contributed by atoms with Gasteiger partial charge in [0.25, 0.3) is 5.91 Å². The third kappa shape index (κ3) is 3.34. The van der Waals surface area contributed by atoms with Gasteiger partial charge in [-0.3, -0.25) is 4.79 Å². The van der Waals surface area contributed by atoms with Crippen molar-refractivity contribution in [2.24, 2.45) is 5.10 Å². The maximum atomic E-state index is 12.8. The molecule has 4 aromatic rings. The van der Waals surface area contributed by atoms with E-state index in [1.165, 1.54) is 4.68 Å². The molecule has 4 rings (SSSR count). The summed E-state index contributed by atoms with van der Waals surface area (Å²) in [5.41, 5.74) is 8.99. The lowest BCUT2D eigenvalue weighted by molar-refractivity contribution is 0.0955. The van der Waals surface area contributed by atoms with Crippen molar-refractivity contribution in [2.45, 2.75) is 19.8 Å². The predicted octanol–water partition coefficient (Wildman–Crippen LogP) is 3.64. The number of aromatic nitrogens is 3. The highest BCUT2D eigenvalue weighted by atomic mass is 32.1. The van der Waals surface area contributed by atoms with Gasteiger partial charge in [-0.05, 0) is 30.0 Å². The van der Waals surface area contributed by atoms with Crippen molar-refractivity contribution in [3.63, 3.8) is 0 Å². The van der Waals surface area contributed by atoms with Crippen LogP contribution in [0, 0.1) is 0 Å². The van der Waals surface area contributed by atoms with E-state index in [-0.39, 0.29) is 11.7 Å². The molecule has 0 aliphatic heterocycles. The van der Waals surface area contributed by atoms with Gasteiger partial charge in [-0.1, -0.05) is 31.5 Å². The van der Waals surface area contributed by atoms with E-state index in [0.717, 1.165) is 23.2 Å². The Hall–Kier alpha value is -3.26. The van der Waals surface area contributed by atoms with Crippen LogP contribution >= 0.6 is 11.3 Å². The molecule has 3 heterocycles. The number of hydrogen-bond donors (Lipinski definition) is 2. The Labute approximate surface area is 165 Å². The van der Waals surface area contributed by atoms with E-state index in [2.05, 4.69) is 27.3 Å². The molecule has 0 bridgehead atoms.